The van der Waals surface area contributed by atoms with E-state index in [1.54, 1.807) is 11.1 Å². The standard InChI is InChI=1S/C58H56N4O4.Pt/c1-7-43(57-21-33-13-34(22-57)15-35(14-33)23-57)8-2-39(1)45-11-5-41-19-47(45)51-29-65-55-56-62(32-61(51)55)52(30-66-56)48-20-42(50-28-64-54-53-59(31-60(50)54)49(41)27-63-53)6-12-46(48)40-3-9-44(10-4-40)58-24-36-16-37(25-58)18-38(17-36)26-58;/h1-12,19-20,33-38,49-52H,13-18,21-30H2;. The van der Waals surface area contributed by atoms with Gasteiger partial charge in [0.2, 0.25) is 0 Å². The molecule has 8 aliphatic heterocycles. The molecule has 4 saturated heterocycles. The summed E-state index contributed by atoms with van der Waals surface area (Å²) in [6.07, 6.45) is 17.2. The van der Waals surface area contributed by atoms with E-state index in [2.05, 4.69) is 105 Å². The zero-order valence-corrected chi connectivity index (χ0v) is 40.2. The molecule has 8 saturated carbocycles. The van der Waals surface area contributed by atoms with Gasteiger partial charge >= 0.3 is 364 Å². The van der Waals surface area contributed by atoms with E-state index in [0.29, 0.717) is 37.3 Å². The predicted octanol–water partition coefficient (Wildman–Crippen LogP) is 10.7. The molecule has 9 heteroatoms. The fraction of sp³-hybridized carbons (Fsp3) is 0.483. The van der Waals surface area contributed by atoms with Crippen molar-refractivity contribution in [2.75, 3.05) is 26.4 Å². The van der Waals surface area contributed by atoms with Crippen LogP contribution in [-0.4, -0.2) is 54.3 Å². The average Bonchev–Trinajstić information content (AvgIpc) is 4.20. The number of benzene rings is 4. The minimum absolute atomic E-state index is 0.0180. The number of ether oxygens (including phenoxy) is 4. The molecular weight excluding hydrogens is 1010 g/mol. The fourth-order valence-electron chi connectivity index (χ4n) is 18.2. The van der Waals surface area contributed by atoms with Gasteiger partial charge in [-0.3, -0.25) is 0 Å². The van der Waals surface area contributed by atoms with Crippen molar-refractivity contribution < 1.29 is 36.6 Å². The van der Waals surface area contributed by atoms with E-state index >= 15 is 0 Å². The molecule has 14 bridgehead atoms. The zero-order chi connectivity index (χ0) is 43.1. The molecule has 4 unspecified atom stereocenters. The maximum absolute atomic E-state index is 6.96. The first kappa shape index (κ1) is 37.1. The van der Waals surface area contributed by atoms with E-state index in [-0.39, 0.29) is 24.2 Å². The molecule has 20 rings (SSSR count). The van der Waals surface area contributed by atoms with Gasteiger partial charge in [0.1, 0.15) is 0 Å². The third-order valence-electron chi connectivity index (χ3n) is 20.2. The Hall–Kier alpha value is -4.81. The van der Waals surface area contributed by atoms with Crippen molar-refractivity contribution in [1.82, 2.24) is 19.6 Å². The van der Waals surface area contributed by atoms with Gasteiger partial charge in [-0.05, 0) is 38.5 Å². The van der Waals surface area contributed by atoms with Crippen molar-refractivity contribution in [3.8, 4) is 22.3 Å². The van der Waals surface area contributed by atoms with Crippen LogP contribution < -0.4 is 0 Å². The Morgan fingerprint density at radius 1 is 0.388 bits per heavy atom. The molecule has 8 nitrogen and oxygen atoms in total. The van der Waals surface area contributed by atoms with Gasteiger partial charge in [0.05, 0.1) is 0 Å². The summed E-state index contributed by atoms with van der Waals surface area (Å²) in [4.78, 5) is 10.2. The second-order valence-corrected chi connectivity index (χ2v) is 26.4. The Labute approximate surface area is 400 Å². The molecular formula is C58H56N4O4Pt. The normalized spacial score (nSPS) is 38.7. The van der Waals surface area contributed by atoms with E-state index in [9.17, 15) is 0 Å². The first-order chi connectivity index (χ1) is 33.0. The zero-order valence-electron chi connectivity index (χ0n) is 37.9. The Kier molecular flexibility index (Phi) is 7.03. The van der Waals surface area contributed by atoms with Crippen molar-refractivity contribution in [2.24, 2.45) is 35.5 Å². The molecule has 12 fully saturated rings. The van der Waals surface area contributed by atoms with Crippen LogP contribution in [0.3, 0.4) is 0 Å². The van der Waals surface area contributed by atoms with E-state index < -0.39 is 17.6 Å². The third kappa shape index (κ3) is 4.81. The number of nitrogens with zero attached hydrogens (tertiary/aromatic N) is 4. The summed E-state index contributed by atoms with van der Waals surface area (Å²) >= 11 is -0.817. The molecule has 4 aromatic carbocycles. The number of hydrogen-bond acceptors (Lipinski definition) is 8. The van der Waals surface area contributed by atoms with Crippen molar-refractivity contribution in [3.05, 3.63) is 142 Å². The van der Waals surface area contributed by atoms with Crippen LogP contribution in [0.1, 0.15) is 135 Å². The summed E-state index contributed by atoms with van der Waals surface area (Å²) in [5.41, 5.74) is 14.4. The molecule has 4 aromatic rings. The Morgan fingerprint density at radius 2 is 0.716 bits per heavy atom. The van der Waals surface area contributed by atoms with Crippen molar-refractivity contribution in [1.29, 1.82) is 0 Å². The van der Waals surface area contributed by atoms with Crippen LogP contribution in [0.25, 0.3) is 22.3 Å². The molecule has 342 valence electrons. The van der Waals surface area contributed by atoms with Crippen LogP contribution in [-0.2, 0) is 47.4 Å². The Morgan fingerprint density at radius 3 is 1.07 bits per heavy atom. The van der Waals surface area contributed by atoms with Crippen LogP contribution >= 0.6 is 0 Å². The molecule has 8 aliphatic carbocycles. The van der Waals surface area contributed by atoms with Gasteiger partial charge in [0.15, 0.2) is 0 Å². The quantitative estimate of drug-likeness (QED) is 0.200. The molecule has 4 atom stereocenters. The van der Waals surface area contributed by atoms with E-state index in [1.165, 1.54) is 130 Å². The van der Waals surface area contributed by atoms with Crippen LogP contribution in [0.5, 0.6) is 0 Å². The number of hydrogen-bond donors (Lipinski definition) is 0. The van der Waals surface area contributed by atoms with E-state index in [4.69, 9.17) is 18.9 Å². The molecule has 0 spiro atoms. The Balaban J connectivity index is 0.773. The summed E-state index contributed by atoms with van der Waals surface area (Å²) < 4.78 is 30.2. The monoisotopic (exact) mass is 1070 g/mol. The van der Waals surface area contributed by atoms with Crippen LogP contribution in [0.4, 0.5) is 0 Å². The second kappa shape index (κ2) is 12.7. The first-order valence-corrected chi connectivity index (χ1v) is 28.3. The van der Waals surface area contributed by atoms with E-state index in [0.717, 1.165) is 59.0 Å². The van der Waals surface area contributed by atoms with Crippen molar-refractivity contribution >= 4 is 8.29 Å². The SMILES string of the molecule is c1cc(C23CC4CC(CC(C4)C2)C3)ccc1-c1ccc2cc1C1COC3=C4OCC5c6cc(ccc6-c6ccc(C78CC9CC(CC(C9)C7)C8)cc6)C6COC7=C8OCC2N8[C](=[Pt]=[C](N31)N45)N76. The topological polar surface area (TPSA) is 49.9 Å². The van der Waals surface area contributed by atoms with Crippen LogP contribution in [0.15, 0.2) is 108 Å². The molecule has 0 aromatic heterocycles. The second-order valence-electron chi connectivity index (χ2n) is 23.8. The molecule has 0 radical (unpaired) electrons. The van der Waals surface area contributed by atoms with Gasteiger partial charge in [-0.1, -0.05) is 0 Å². The molecule has 0 N–H and O–H groups in total. The summed E-state index contributed by atoms with van der Waals surface area (Å²) in [5, 5.41) is 0. The van der Waals surface area contributed by atoms with Crippen molar-refractivity contribution in [3.63, 3.8) is 0 Å². The third-order valence-corrected chi connectivity index (χ3v) is 23.4. The van der Waals surface area contributed by atoms with E-state index in [1.807, 2.05) is 0 Å². The van der Waals surface area contributed by atoms with Gasteiger partial charge in [0.25, 0.3) is 0 Å². The molecule has 16 aliphatic rings. The predicted molar refractivity (Wildman–Crippen MR) is 250 cm³/mol. The molecule has 8 heterocycles. The van der Waals surface area contributed by atoms with Crippen LogP contribution in [0.2, 0.25) is 0 Å². The molecule has 0 amide bonds. The first-order valence-electron chi connectivity index (χ1n) is 26.0. The van der Waals surface area contributed by atoms with Crippen molar-refractivity contribution in [2.45, 2.75) is 112 Å². The summed E-state index contributed by atoms with van der Waals surface area (Å²) in [6, 6.07) is 34.7. The summed E-state index contributed by atoms with van der Waals surface area (Å²) in [6.45, 7) is 2.41. The number of rotatable bonds is 4. The summed E-state index contributed by atoms with van der Waals surface area (Å²) in [5.74, 6) is 9.18. The maximum atomic E-state index is 6.96. The minimum atomic E-state index is -0.817. The van der Waals surface area contributed by atoms with Gasteiger partial charge < -0.3 is 0 Å². The average molecular weight is 1070 g/mol. The Bertz CT molecular complexity index is 2790. The summed E-state index contributed by atoms with van der Waals surface area (Å²) in [7, 11) is 0. The van der Waals surface area contributed by atoms with Gasteiger partial charge in [-0.15, -0.1) is 0 Å². The number of fused-ring (bicyclic) bond motifs is 8. The van der Waals surface area contributed by atoms with Gasteiger partial charge in [0, 0.05) is 0 Å². The van der Waals surface area contributed by atoms with Gasteiger partial charge in [-0.25, -0.2) is 0 Å². The van der Waals surface area contributed by atoms with Gasteiger partial charge in [-0.2, -0.15) is 0 Å². The van der Waals surface area contributed by atoms with Crippen LogP contribution in [0, 0.1) is 35.5 Å². The molecule has 67 heavy (non-hydrogen) atoms. The fourth-order valence-corrected chi connectivity index (χ4v) is 22.1.